The molecule has 1 aliphatic heterocycles. The van der Waals surface area contributed by atoms with Gasteiger partial charge in [-0.05, 0) is 20.4 Å². The number of nitrogens with zero attached hydrogens (tertiary/aromatic N) is 1. The van der Waals surface area contributed by atoms with Crippen LogP contribution in [0.1, 0.15) is 13.3 Å². The Bertz CT molecular complexity index is 154. The third-order valence-corrected chi connectivity index (χ3v) is 3.04. The molecule has 1 rings (SSSR count). The lowest BCUT2D eigenvalue weighted by molar-refractivity contribution is 0.0316. The molecule has 1 aliphatic rings. The van der Waals surface area contributed by atoms with Crippen molar-refractivity contribution in [1.82, 2.24) is 10.2 Å². The monoisotopic (exact) mass is 202 g/mol. The number of ether oxygens (including phenoxy) is 1. The minimum atomic E-state index is -0.141. The molecule has 1 fully saturated rings. The highest BCUT2D eigenvalue weighted by molar-refractivity contribution is 4.82. The van der Waals surface area contributed by atoms with Crippen LogP contribution in [0.3, 0.4) is 0 Å². The predicted octanol–water partition coefficient (Wildman–Crippen LogP) is -0.321. The number of aliphatic hydroxyl groups excluding tert-OH is 1. The van der Waals surface area contributed by atoms with Gasteiger partial charge in [0.25, 0.3) is 0 Å². The molecular weight excluding hydrogens is 180 g/mol. The summed E-state index contributed by atoms with van der Waals surface area (Å²) < 4.78 is 5.28. The van der Waals surface area contributed by atoms with Crippen LogP contribution in [0.2, 0.25) is 0 Å². The van der Waals surface area contributed by atoms with Gasteiger partial charge in [0.1, 0.15) is 0 Å². The maximum absolute atomic E-state index is 9.21. The molecule has 0 aromatic heterocycles. The van der Waals surface area contributed by atoms with E-state index in [0.29, 0.717) is 0 Å². The number of aliphatic hydroxyl groups is 1. The lowest BCUT2D eigenvalue weighted by Crippen LogP contribution is -2.47. The molecule has 0 aromatic rings. The summed E-state index contributed by atoms with van der Waals surface area (Å²) in [6.45, 7) is 6.99. The van der Waals surface area contributed by atoms with Crippen molar-refractivity contribution in [3.05, 3.63) is 0 Å². The maximum Gasteiger partial charge on any atom is 0.0610 e. The Kier molecular flexibility index (Phi) is 4.81. The molecule has 0 amide bonds. The van der Waals surface area contributed by atoms with E-state index in [1.165, 1.54) is 0 Å². The van der Waals surface area contributed by atoms with Gasteiger partial charge in [-0.25, -0.2) is 0 Å². The number of rotatable bonds is 5. The van der Waals surface area contributed by atoms with Crippen molar-refractivity contribution < 1.29 is 9.84 Å². The van der Waals surface area contributed by atoms with E-state index in [9.17, 15) is 5.11 Å². The number of hydrogen-bond acceptors (Lipinski definition) is 4. The molecule has 4 heteroatoms. The summed E-state index contributed by atoms with van der Waals surface area (Å²) in [5, 5.41) is 12.4. The topological polar surface area (TPSA) is 44.7 Å². The maximum atomic E-state index is 9.21. The largest absolute Gasteiger partial charge is 0.394 e. The van der Waals surface area contributed by atoms with Crippen LogP contribution in [-0.2, 0) is 4.74 Å². The fourth-order valence-corrected chi connectivity index (χ4v) is 1.51. The molecule has 0 bridgehead atoms. The van der Waals surface area contributed by atoms with E-state index in [1.54, 1.807) is 0 Å². The van der Waals surface area contributed by atoms with Gasteiger partial charge in [-0.1, -0.05) is 0 Å². The van der Waals surface area contributed by atoms with Gasteiger partial charge >= 0.3 is 0 Å². The van der Waals surface area contributed by atoms with Gasteiger partial charge in [0.05, 0.1) is 19.8 Å². The summed E-state index contributed by atoms with van der Waals surface area (Å²) in [5.41, 5.74) is -0.141. The number of likely N-dealkylation sites (N-methyl/N-ethyl adjacent to an activating group) is 1. The molecule has 84 valence electrons. The van der Waals surface area contributed by atoms with Crippen LogP contribution in [-0.4, -0.2) is 62.0 Å². The van der Waals surface area contributed by atoms with Crippen molar-refractivity contribution in [2.24, 2.45) is 0 Å². The molecular formula is C10H22N2O2. The fourth-order valence-electron chi connectivity index (χ4n) is 1.51. The lowest BCUT2D eigenvalue weighted by atomic mass is 9.99. The van der Waals surface area contributed by atoms with Gasteiger partial charge in [0.15, 0.2) is 0 Å². The van der Waals surface area contributed by atoms with E-state index < -0.39 is 0 Å². The van der Waals surface area contributed by atoms with Gasteiger partial charge in [-0.15, -0.1) is 0 Å². The zero-order valence-electron chi connectivity index (χ0n) is 9.25. The third kappa shape index (κ3) is 3.53. The standard InChI is InChI=1S/C10H22N2O2/c1-10(9-13,11-2)3-4-12-5-7-14-8-6-12/h11,13H,3-9H2,1-2H3. The molecule has 0 saturated carbocycles. The Morgan fingerprint density at radius 1 is 1.43 bits per heavy atom. The number of hydrogen-bond donors (Lipinski definition) is 2. The molecule has 0 radical (unpaired) electrons. The molecule has 14 heavy (non-hydrogen) atoms. The molecule has 1 heterocycles. The van der Waals surface area contributed by atoms with Gasteiger partial charge in [-0.3, -0.25) is 4.90 Å². The second-order valence-electron chi connectivity index (χ2n) is 4.17. The first-order valence-corrected chi connectivity index (χ1v) is 5.30. The molecule has 0 spiro atoms. The molecule has 1 unspecified atom stereocenters. The van der Waals surface area contributed by atoms with E-state index in [-0.39, 0.29) is 12.1 Å². The summed E-state index contributed by atoms with van der Waals surface area (Å²) in [6.07, 6.45) is 0.972. The van der Waals surface area contributed by atoms with Gasteiger partial charge < -0.3 is 15.2 Å². The van der Waals surface area contributed by atoms with Crippen LogP contribution in [0.15, 0.2) is 0 Å². The predicted molar refractivity (Wildman–Crippen MR) is 56.4 cm³/mol. The smallest absolute Gasteiger partial charge is 0.0610 e. The number of morpholine rings is 1. The van der Waals surface area contributed by atoms with Crippen LogP contribution in [0.4, 0.5) is 0 Å². The highest BCUT2D eigenvalue weighted by Crippen LogP contribution is 2.09. The van der Waals surface area contributed by atoms with Crippen LogP contribution in [0, 0.1) is 0 Å². The highest BCUT2D eigenvalue weighted by atomic mass is 16.5. The van der Waals surface area contributed by atoms with E-state index in [2.05, 4.69) is 10.2 Å². The van der Waals surface area contributed by atoms with Crippen LogP contribution in [0.5, 0.6) is 0 Å². The SMILES string of the molecule is CNC(C)(CO)CCN1CCOCC1. The highest BCUT2D eigenvalue weighted by Gasteiger charge is 2.22. The second kappa shape index (κ2) is 5.66. The van der Waals surface area contributed by atoms with Crippen molar-refractivity contribution in [2.45, 2.75) is 18.9 Å². The summed E-state index contributed by atoms with van der Waals surface area (Å²) in [4.78, 5) is 2.38. The average molecular weight is 202 g/mol. The molecule has 4 nitrogen and oxygen atoms in total. The first-order chi connectivity index (χ1) is 6.70. The van der Waals surface area contributed by atoms with Gasteiger partial charge in [-0.2, -0.15) is 0 Å². The Morgan fingerprint density at radius 2 is 2.07 bits per heavy atom. The minimum absolute atomic E-state index is 0.141. The van der Waals surface area contributed by atoms with Gasteiger partial charge in [0.2, 0.25) is 0 Å². The first-order valence-electron chi connectivity index (χ1n) is 5.30. The number of nitrogens with one attached hydrogen (secondary N) is 1. The zero-order chi connectivity index (χ0) is 10.4. The Balaban J connectivity index is 2.23. The second-order valence-corrected chi connectivity index (χ2v) is 4.17. The minimum Gasteiger partial charge on any atom is -0.394 e. The van der Waals surface area contributed by atoms with Crippen LogP contribution >= 0.6 is 0 Å². The molecule has 0 aliphatic carbocycles. The van der Waals surface area contributed by atoms with Crippen LogP contribution < -0.4 is 5.32 Å². The normalized spacial score (nSPS) is 23.4. The van der Waals surface area contributed by atoms with Crippen molar-refractivity contribution in [2.75, 3.05) is 46.5 Å². The zero-order valence-corrected chi connectivity index (χ0v) is 9.25. The quantitative estimate of drug-likeness (QED) is 0.641. The lowest BCUT2D eigenvalue weighted by Gasteiger charge is -2.32. The Labute approximate surface area is 86.2 Å². The molecule has 1 atom stereocenters. The van der Waals surface area contributed by atoms with E-state index in [0.717, 1.165) is 39.3 Å². The van der Waals surface area contributed by atoms with E-state index in [4.69, 9.17) is 4.74 Å². The van der Waals surface area contributed by atoms with Crippen molar-refractivity contribution in [1.29, 1.82) is 0 Å². The molecule has 0 aromatic carbocycles. The van der Waals surface area contributed by atoms with Crippen molar-refractivity contribution in [3.8, 4) is 0 Å². The summed E-state index contributed by atoms with van der Waals surface area (Å²) in [6, 6.07) is 0. The van der Waals surface area contributed by atoms with Crippen LogP contribution in [0.25, 0.3) is 0 Å². The summed E-state index contributed by atoms with van der Waals surface area (Å²) in [5.74, 6) is 0. The van der Waals surface area contributed by atoms with Crippen molar-refractivity contribution in [3.63, 3.8) is 0 Å². The third-order valence-electron chi connectivity index (χ3n) is 3.04. The fraction of sp³-hybridized carbons (Fsp3) is 1.00. The summed E-state index contributed by atoms with van der Waals surface area (Å²) >= 11 is 0. The molecule has 1 saturated heterocycles. The first kappa shape index (κ1) is 11.9. The van der Waals surface area contributed by atoms with Gasteiger partial charge in [0, 0.05) is 25.2 Å². The Morgan fingerprint density at radius 3 is 2.57 bits per heavy atom. The molecule has 2 N–H and O–H groups in total. The van der Waals surface area contributed by atoms with E-state index in [1.807, 2.05) is 14.0 Å². The van der Waals surface area contributed by atoms with Crippen molar-refractivity contribution >= 4 is 0 Å². The Hall–Kier alpha value is -0.160. The summed E-state index contributed by atoms with van der Waals surface area (Å²) in [7, 11) is 1.90. The average Bonchev–Trinajstić information content (AvgIpc) is 2.27. The van der Waals surface area contributed by atoms with E-state index >= 15 is 0 Å².